The van der Waals surface area contributed by atoms with Crippen LogP contribution in [-0.4, -0.2) is 0 Å². The topological polar surface area (TPSA) is 0 Å². The molecule has 0 fully saturated rings. The van der Waals surface area contributed by atoms with Gasteiger partial charge in [0.15, 0.2) is 0 Å². The summed E-state index contributed by atoms with van der Waals surface area (Å²) in [5.74, 6) is 0. The fourth-order valence-electron chi connectivity index (χ4n) is 1.71. The Bertz CT molecular complexity index is 184. The van der Waals surface area contributed by atoms with Gasteiger partial charge in [0.2, 0.25) is 0 Å². The zero-order valence-corrected chi connectivity index (χ0v) is 12.6. The molecule has 0 atom stereocenters. The fourth-order valence-corrected chi connectivity index (χ4v) is 1.71. The molecule has 0 radical (unpaired) electrons. The van der Waals surface area contributed by atoms with Crippen molar-refractivity contribution in [1.29, 1.82) is 0 Å². The van der Waals surface area contributed by atoms with Gasteiger partial charge in [-0.3, -0.25) is 0 Å². The van der Waals surface area contributed by atoms with Gasteiger partial charge < -0.3 is 0 Å². The van der Waals surface area contributed by atoms with E-state index in [2.05, 4.69) is 48.6 Å². The Labute approximate surface area is 122 Å². The molecule has 0 nitrogen and oxygen atoms in total. The first-order valence-corrected chi connectivity index (χ1v) is 7.34. The van der Waals surface area contributed by atoms with E-state index in [0.29, 0.717) is 0 Å². The van der Waals surface area contributed by atoms with E-state index < -0.39 is 0 Å². The summed E-state index contributed by atoms with van der Waals surface area (Å²) in [6.07, 6.45) is 28.0. The molecule has 2 aliphatic rings. The van der Waals surface area contributed by atoms with Gasteiger partial charge in [-0.25, -0.2) is 0 Å². The van der Waals surface area contributed by atoms with Crippen molar-refractivity contribution in [2.45, 2.75) is 51.4 Å². The molecule has 0 N–H and O–H groups in total. The normalized spacial score (nSPS) is 18.2. The van der Waals surface area contributed by atoms with E-state index in [9.17, 15) is 3.32 Å². The number of allylic oxidation sites excluding steroid dienone is 8. The third-order valence-corrected chi connectivity index (χ3v) is 2.67. The Morgan fingerprint density at radius 2 is 0.500 bits per heavy atom. The van der Waals surface area contributed by atoms with Crippen LogP contribution in [0.2, 0.25) is 0 Å². The van der Waals surface area contributed by atoms with E-state index in [0.717, 1.165) is 18.8 Å². The minimum absolute atomic E-state index is 1.05. The molecule has 2 rings (SSSR count). The van der Waals surface area contributed by atoms with Crippen molar-refractivity contribution in [2.24, 2.45) is 0 Å². The van der Waals surface area contributed by atoms with Gasteiger partial charge in [-0.15, -0.1) is 0 Å². The summed E-state index contributed by atoms with van der Waals surface area (Å²) in [7, 11) is 0. The average molecular weight is 338 g/mol. The second-order valence-electron chi connectivity index (χ2n) is 4.20. The Balaban J connectivity index is 0.000000283. The van der Waals surface area contributed by atoms with Crippen molar-refractivity contribution in [2.75, 3.05) is 0 Å². The quantitative estimate of drug-likeness (QED) is 0.389. The molecule has 0 aromatic carbocycles. The van der Waals surface area contributed by atoms with Crippen molar-refractivity contribution < 1.29 is 22.1 Å². The summed E-state index contributed by atoms with van der Waals surface area (Å²) < 4.78 is 9.39. The van der Waals surface area contributed by atoms with Crippen molar-refractivity contribution in [3.8, 4) is 0 Å². The Kier molecular flexibility index (Phi) is 16.1. The molecular weight excluding hydrogens is 314 g/mol. The molecule has 0 saturated heterocycles. The molecule has 18 heavy (non-hydrogen) atoms. The van der Waals surface area contributed by atoms with Gasteiger partial charge in [-0.05, 0) is 51.4 Å². The van der Waals surface area contributed by atoms with Crippen LogP contribution >= 0.6 is 0 Å². The van der Waals surface area contributed by atoms with Crippen LogP contribution in [0.5, 0.6) is 0 Å². The molecular formula is C16H24FRh. The van der Waals surface area contributed by atoms with Crippen LogP contribution in [0.1, 0.15) is 51.4 Å². The maximum atomic E-state index is 9.39. The average Bonchev–Trinajstić information content (AvgIpc) is 2.30. The molecule has 104 valence electrons. The number of hydrogen-bond acceptors (Lipinski definition) is 0. The standard InChI is InChI=1S/2C8H12.FH.Rh/c2*1-2-4-6-8-7-5-3-1;;/h2*1-2,7-8H,3-6H2;1H;/q;;;+1/p-1. The van der Waals surface area contributed by atoms with Crippen LogP contribution in [0, 0.1) is 0 Å². The second-order valence-corrected chi connectivity index (χ2v) is 4.20. The summed E-state index contributed by atoms with van der Waals surface area (Å²) in [5, 5.41) is 0. The molecule has 0 aromatic rings. The summed E-state index contributed by atoms with van der Waals surface area (Å²) in [6.45, 7) is 0. The third kappa shape index (κ3) is 13.6. The predicted molar refractivity (Wildman–Crippen MR) is 74.6 cm³/mol. The van der Waals surface area contributed by atoms with E-state index in [1.54, 1.807) is 0 Å². The summed E-state index contributed by atoms with van der Waals surface area (Å²) in [6, 6.07) is 0. The first kappa shape index (κ1) is 17.5. The van der Waals surface area contributed by atoms with Crippen LogP contribution in [0.4, 0.5) is 3.32 Å². The Morgan fingerprint density at radius 1 is 0.389 bits per heavy atom. The Morgan fingerprint density at radius 3 is 0.611 bits per heavy atom. The SMILES string of the molecule is C1=CCCC=CCC1.C1=CCCC=CCC1.[F][Rh]. The van der Waals surface area contributed by atoms with Gasteiger partial charge in [0.05, 0.1) is 0 Å². The van der Waals surface area contributed by atoms with Gasteiger partial charge in [-0.2, -0.15) is 0 Å². The molecule has 0 spiro atoms. The van der Waals surface area contributed by atoms with E-state index in [-0.39, 0.29) is 0 Å². The molecule has 0 aromatic heterocycles. The van der Waals surface area contributed by atoms with Crippen LogP contribution in [0.25, 0.3) is 0 Å². The molecule has 0 heterocycles. The van der Waals surface area contributed by atoms with Crippen molar-refractivity contribution in [3.63, 3.8) is 0 Å². The zero-order chi connectivity index (χ0) is 13.3. The van der Waals surface area contributed by atoms with Crippen LogP contribution < -0.4 is 0 Å². The Hall–Kier alpha value is -0.487. The van der Waals surface area contributed by atoms with Gasteiger partial charge in [0.1, 0.15) is 0 Å². The predicted octanol–water partition coefficient (Wildman–Crippen LogP) is 5.76. The maximum absolute atomic E-state index is 9.39. The van der Waals surface area contributed by atoms with Gasteiger partial charge >= 0.3 is 22.1 Å². The molecule has 0 saturated carbocycles. The monoisotopic (exact) mass is 338 g/mol. The minimum atomic E-state index is 1.05. The molecule has 0 amide bonds. The number of rotatable bonds is 0. The van der Waals surface area contributed by atoms with E-state index in [1.165, 1.54) is 51.4 Å². The van der Waals surface area contributed by atoms with E-state index in [1.807, 2.05) is 0 Å². The van der Waals surface area contributed by atoms with Gasteiger partial charge in [0.25, 0.3) is 0 Å². The third-order valence-electron chi connectivity index (χ3n) is 2.67. The van der Waals surface area contributed by atoms with Crippen LogP contribution in [-0.2, 0) is 18.8 Å². The van der Waals surface area contributed by atoms with Gasteiger partial charge in [0, 0.05) is 0 Å². The molecule has 0 aliphatic heterocycles. The summed E-state index contributed by atoms with van der Waals surface area (Å²) in [4.78, 5) is 0. The van der Waals surface area contributed by atoms with E-state index in [4.69, 9.17) is 0 Å². The van der Waals surface area contributed by atoms with Crippen LogP contribution in [0.3, 0.4) is 0 Å². The summed E-state index contributed by atoms with van der Waals surface area (Å²) in [5.41, 5.74) is 0. The number of halogens is 1. The van der Waals surface area contributed by atoms with Crippen molar-refractivity contribution in [1.82, 2.24) is 0 Å². The first-order chi connectivity index (χ1) is 9.00. The van der Waals surface area contributed by atoms with Crippen molar-refractivity contribution >= 4 is 0 Å². The first-order valence-electron chi connectivity index (χ1n) is 6.73. The fraction of sp³-hybridized carbons (Fsp3) is 0.500. The molecule has 2 heteroatoms. The van der Waals surface area contributed by atoms with Crippen LogP contribution in [0.15, 0.2) is 48.6 Å². The molecule has 0 bridgehead atoms. The zero-order valence-electron chi connectivity index (χ0n) is 11.0. The number of hydrogen-bond donors (Lipinski definition) is 0. The van der Waals surface area contributed by atoms with E-state index >= 15 is 0 Å². The summed E-state index contributed by atoms with van der Waals surface area (Å²) >= 11 is 1.05. The molecule has 0 unspecified atom stereocenters. The second kappa shape index (κ2) is 16.5. The van der Waals surface area contributed by atoms with Crippen molar-refractivity contribution in [3.05, 3.63) is 48.6 Å². The molecule has 2 aliphatic carbocycles. The van der Waals surface area contributed by atoms with Gasteiger partial charge in [-0.1, -0.05) is 48.6 Å².